The molecule has 1 aliphatic heterocycles. The molecule has 2 heterocycles. The lowest BCUT2D eigenvalue weighted by Gasteiger charge is -2.25. The average molecular weight is 286 g/mol. The Morgan fingerprint density at radius 3 is 2.71 bits per heavy atom. The van der Waals surface area contributed by atoms with Crippen LogP contribution in [0, 0.1) is 6.92 Å². The summed E-state index contributed by atoms with van der Waals surface area (Å²) in [4.78, 5) is 36.1. The van der Waals surface area contributed by atoms with E-state index in [2.05, 4.69) is 5.32 Å². The van der Waals surface area contributed by atoms with Gasteiger partial charge in [0.1, 0.15) is 18.7 Å². The first-order chi connectivity index (χ1) is 10.0. The second-order valence-electron chi connectivity index (χ2n) is 5.16. The molecule has 1 fully saturated rings. The molecule has 0 spiro atoms. The van der Waals surface area contributed by atoms with Crippen molar-refractivity contribution in [3.05, 3.63) is 35.6 Å². The van der Waals surface area contributed by atoms with Crippen LogP contribution in [0.5, 0.6) is 0 Å². The van der Waals surface area contributed by atoms with E-state index >= 15 is 0 Å². The van der Waals surface area contributed by atoms with Gasteiger partial charge in [0, 0.05) is 10.9 Å². The molecular weight excluding hydrogens is 272 g/mol. The minimum atomic E-state index is -0.452. The number of amides is 3. The molecule has 6 nitrogen and oxygen atoms in total. The number of fused-ring (bicyclic) bond motifs is 1. The van der Waals surface area contributed by atoms with E-state index < -0.39 is 11.8 Å². The molecule has 0 atom stereocenters. The number of hydrogen-bond acceptors (Lipinski definition) is 4. The molecule has 108 valence electrons. The maximum Gasteiger partial charge on any atom is 0.246 e. The Morgan fingerprint density at radius 1 is 1.29 bits per heavy atom. The van der Waals surface area contributed by atoms with Crippen molar-refractivity contribution in [2.24, 2.45) is 0 Å². The van der Waals surface area contributed by atoms with Crippen molar-refractivity contribution in [3.63, 3.8) is 0 Å². The predicted octanol–water partition coefficient (Wildman–Crippen LogP) is 0.769. The quantitative estimate of drug-likeness (QED) is 0.827. The molecule has 2 aromatic rings. The van der Waals surface area contributed by atoms with Gasteiger partial charge < -0.3 is 9.32 Å². The van der Waals surface area contributed by atoms with Gasteiger partial charge in [0.05, 0.1) is 12.7 Å². The Bertz CT molecular complexity index is 731. The van der Waals surface area contributed by atoms with E-state index in [1.54, 1.807) is 6.26 Å². The van der Waals surface area contributed by atoms with Crippen LogP contribution in [0.2, 0.25) is 0 Å². The Morgan fingerprint density at radius 2 is 2.00 bits per heavy atom. The van der Waals surface area contributed by atoms with Crippen molar-refractivity contribution in [2.75, 3.05) is 13.1 Å². The monoisotopic (exact) mass is 286 g/mol. The number of carbonyl (C=O) groups excluding carboxylic acids is 3. The van der Waals surface area contributed by atoms with Gasteiger partial charge in [0.25, 0.3) is 0 Å². The van der Waals surface area contributed by atoms with Gasteiger partial charge in [-0.15, -0.1) is 0 Å². The first kappa shape index (κ1) is 13.4. The Labute approximate surface area is 120 Å². The summed E-state index contributed by atoms with van der Waals surface area (Å²) in [5.74, 6) is -1.17. The highest BCUT2D eigenvalue weighted by atomic mass is 16.3. The average Bonchev–Trinajstić information content (AvgIpc) is 2.80. The Kier molecular flexibility index (Phi) is 3.21. The summed E-state index contributed by atoms with van der Waals surface area (Å²) in [5, 5.41) is 3.05. The summed E-state index contributed by atoms with van der Waals surface area (Å²) >= 11 is 0. The number of hydrogen-bond donors (Lipinski definition) is 1. The third-order valence-electron chi connectivity index (χ3n) is 3.45. The lowest BCUT2D eigenvalue weighted by molar-refractivity contribution is -0.145. The smallest absolute Gasteiger partial charge is 0.246 e. The molecule has 21 heavy (non-hydrogen) atoms. The minimum absolute atomic E-state index is 0.0839. The number of carbonyl (C=O) groups is 3. The number of benzene rings is 1. The number of aryl methyl sites for hydroxylation is 1. The molecular formula is C15H14N2O4. The number of nitrogens with zero attached hydrogens (tertiary/aromatic N) is 1. The maximum absolute atomic E-state index is 12.2. The zero-order valence-corrected chi connectivity index (χ0v) is 11.5. The van der Waals surface area contributed by atoms with Gasteiger partial charge in [-0.25, -0.2) is 0 Å². The summed E-state index contributed by atoms with van der Waals surface area (Å²) in [6.45, 7) is 1.80. The normalized spacial score (nSPS) is 15.4. The first-order valence-electron chi connectivity index (χ1n) is 6.60. The van der Waals surface area contributed by atoms with Crippen LogP contribution >= 0.6 is 0 Å². The molecule has 3 rings (SSSR count). The Hall–Kier alpha value is -2.63. The van der Waals surface area contributed by atoms with Gasteiger partial charge in [-0.05, 0) is 18.6 Å². The number of nitrogens with one attached hydrogen (secondary N) is 1. The van der Waals surface area contributed by atoms with E-state index in [0.717, 1.165) is 22.1 Å². The SMILES string of the molecule is Cc1ccc2c(CC(=O)N3CC(=O)NC(=O)C3)coc2c1. The Balaban J connectivity index is 1.80. The summed E-state index contributed by atoms with van der Waals surface area (Å²) < 4.78 is 5.44. The molecule has 0 bridgehead atoms. The van der Waals surface area contributed by atoms with E-state index in [1.807, 2.05) is 25.1 Å². The van der Waals surface area contributed by atoms with Crippen molar-refractivity contribution < 1.29 is 18.8 Å². The highest BCUT2D eigenvalue weighted by molar-refractivity contribution is 6.03. The van der Waals surface area contributed by atoms with Crippen molar-refractivity contribution in [3.8, 4) is 0 Å². The zero-order valence-electron chi connectivity index (χ0n) is 11.5. The van der Waals surface area contributed by atoms with Crippen LogP contribution in [-0.4, -0.2) is 35.7 Å². The van der Waals surface area contributed by atoms with Crippen LogP contribution in [-0.2, 0) is 20.8 Å². The third kappa shape index (κ3) is 2.65. The van der Waals surface area contributed by atoms with Crippen LogP contribution in [0.15, 0.2) is 28.9 Å². The van der Waals surface area contributed by atoms with Crippen molar-refractivity contribution in [1.82, 2.24) is 10.2 Å². The van der Waals surface area contributed by atoms with Crippen molar-refractivity contribution in [1.29, 1.82) is 0 Å². The summed E-state index contributed by atoms with van der Waals surface area (Å²) in [7, 11) is 0. The highest BCUT2D eigenvalue weighted by Gasteiger charge is 2.26. The fourth-order valence-corrected chi connectivity index (χ4v) is 2.42. The molecule has 1 N–H and O–H groups in total. The molecule has 0 radical (unpaired) electrons. The van der Waals surface area contributed by atoms with Gasteiger partial charge in [0.2, 0.25) is 17.7 Å². The topological polar surface area (TPSA) is 79.6 Å². The lowest BCUT2D eigenvalue weighted by Crippen LogP contribution is -2.53. The molecule has 0 saturated carbocycles. The van der Waals surface area contributed by atoms with Crippen LogP contribution in [0.3, 0.4) is 0 Å². The molecule has 1 aliphatic rings. The van der Waals surface area contributed by atoms with Crippen LogP contribution in [0.4, 0.5) is 0 Å². The molecule has 1 saturated heterocycles. The van der Waals surface area contributed by atoms with Gasteiger partial charge in [-0.1, -0.05) is 12.1 Å². The minimum Gasteiger partial charge on any atom is -0.464 e. The fourth-order valence-electron chi connectivity index (χ4n) is 2.42. The maximum atomic E-state index is 12.2. The second-order valence-corrected chi connectivity index (χ2v) is 5.16. The molecule has 1 aromatic carbocycles. The number of piperazine rings is 1. The van der Waals surface area contributed by atoms with Gasteiger partial charge in [0.15, 0.2) is 0 Å². The molecule has 0 unspecified atom stereocenters. The third-order valence-corrected chi connectivity index (χ3v) is 3.45. The standard InChI is InChI=1S/C15H14N2O4/c1-9-2-3-11-10(8-21-12(11)4-9)5-15(20)17-6-13(18)16-14(19)7-17/h2-4,8H,5-7H2,1H3,(H,16,18,19). The van der Waals surface area contributed by atoms with Crippen molar-refractivity contribution >= 4 is 28.7 Å². The van der Waals surface area contributed by atoms with E-state index in [1.165, 1.54) is 4.90 Å². The molecule has 6 heteroatoms. The molecule has 0 aliphatic carbocycles. The zero-order chi connectivity index (χ0) is 15.0. The number of furan rings is 1. The van der Waals surface area contributed by atoms with E-state index in [-0.39, 0.29) is 25.4 Å². The van der Waals surface area contributed by atoms with E-state index in [0.29, 0.717) is 0 Å². The van der Waals surface area contributed by atoms with Crippen molar-refractivity contribution in [2.45, 2.75) is 13.3 Å². The van der Waals surface area contributed by atoms with Gasteiger partial charge in [-0.2, -0.15) is 0 Å². The van der Waals surface area contributed by atoms with Gasteiger partial charge >= 0.3 is 0 Å². The van der Waals surface area contributed by atoms with Crippen LogP contribution in [0.25, 0.3) is 11.0 Å². The number of rotatable bonds is 2. The van der Waals surface area contributed by atoms with Gasteiger partial charge in [-0.3, -0.25) is 19.7 Å². The predicted molar refractivity (Wildman–Crippen MR) is 74.4 cm³/mol. The summed E-state index contributed by atoms with van der Waals surface area (Å²) in [6, 6.07) is 5.76. The van der Waals surface area contributed by atoms with E-state index in [9.17, 15) is 14.4 Å². The summed E-state index contributed by atoms with van der Waals surface area (Å²) in [5.41, 5.74) is 2.56. The largest absolute Gasteiger partial charge is 0.464 e. The second kappa shape index (κ2) is 5.05. The van der Waals surface area contributed by atoms with E-state index in [4.69, 9.17) is 4.42 Å². The number of imide groups is 1. The highest BCUT2D eigenvalue weighted by Crippen LogP contribution is 2.23. The molecule has 3 amide bonds. The summed E-state index contributed by atoms with van der Waals surface area (Å²) in [6.07, 6.45) is 1.66. The van der Waals surface area contributed by atoms with Crippen LogP contribution in [0.1, 0.15) is 11.1 Å². The van der Waals surface area contributed by atoms with Crippen LogP contribution < -0.4 is 5.32 Å². The fraction of sp³-hybridized carbons (Fsp3) is 0.267. The lowest BCUT2D eigenvalue weighted by atomic mass is 10.1. The molecule has 1 aromatic heterocycles. The first-order valence-corrected chi connectivity index (χ1v) is 6.60.